The van der Waals surface area contributed by atoms with Crippen LogP contribution in [0.15, 0.2) is 76.3 Å². The minimum Gasteiger partial charge on any atom is -0.456 e. The molecule has 8 heteroatoms. The summed E-state index contributed by atoms with van der Waals surface area (Å²) in [6, 6.07) is 15.9. The van der Waals surface area contributed by atoms with E-state index in [1.165, 1.54) is 6.07 Å². The Balaban J connectivity index is 1.57. The maximum atomic E-state index is 13.2. The van der Waals surface area contributed by atoms with E-state index in [0.29, 0.717) is 33.6 Å². The van der Waals surface area contributed by atoms with Crippen molar-refractivity contribution < 1.29 is 13.9 Å². The van der Waals surface area contributed by atoms with Crippen LogP contribution in [0.1, 0.15) is 55.2 Å². The second-order valence-electron chi connectivity index (χ2n) is 10.1. The van der Waals surface area contributed by atoms with Crippen LogP contribution in [0.2, 0.25) is 0 Å². The lowest BCUT2D eigenvalue weighted by Crippen LogP contribution is -2.24. The summed E-state index contributed by atoms with van der Waals surface area (Å²) in [4.78, 5) is 26.0. The number of aromatic nitrogens is 3. The standard InChI is InChI=1S/C29H28N4O4/c1-17-12-21(18(2)31-23-9-7-6-8-20(23)28(35)37-29(3,4)5)27-22(13-17)24(34)15-25(36-27)19-10-11-33-16-30-32-26(33)14-19/h6-16,18,31H,1-5H3. The number of carbonyl (C=O) groups excluding carboxylic acids is 1. The highest BCUT2D eigenvalue weighted by Crippen LogP contribution is 2.32. The first-order valence-corrected chi connectivity index (χ1v) is 12.1. The second-order valence-corrected chi connectivity index (χ2v) is 10.1. The number of aryl methyl sites for hydroxylation is 1. The molecular formula is C29H28N4O4. The Morgan fingerprint density at radius 1 is 1.11 bits per heavy atom. The number of fused-ring (bicyclic) bond motifs is 2. The highest BCUT2D eigenvalue weighted by molar-refractivity contribution is 5.96. The Morgan fingerprint density at radius 2 is 1.89 bits per heavy atom. The molecule has 0 aliphatic heterocycles. The lowest BCUT2D eigenvalue weighted by Gasteiger charge is -2.22. The summed E-state index contributed by atoms with van der Waals surface area (Å²) in [6.45, 7) is 9.42. The van der Waals surface area contributed by atoms with Gasteiger partial charge >= 0.3 is 5.97 Å². The average Bonchev–Trinajstić information content (AvgIpc) is 3.31. The fourth-order valence-corrected chi connectivity index (χ4v) is 4.30. The molecule has 1 unspecified atom stereocenters. The number of nitrogens with zero attached hydrogens (tertiary/aromatic N) is 3. The van der Waals surface area contributed by atoms with Gasteiger partial charge in [-0.15, -0.1) is 10.2 Å². The lowest BCUT2D eigenvalue weighted by atomic mass is 10.00. The number of pyridine rings is 1. The van der Waals surface area contributed by atoms with Crippen molar-refractivity contribution in [3.63, 3.8) is 0 Å². The molecule has 0 spiro atoms. The summed E-state index contributed by atoms with van der Waals surface area (Å²) in [5.74, 6) is 0.0315. The van der Waals surface area contributed by atoms with E-state index in [9.17, 15) is 9.59 Å². The molecule has 0 bridgehead atoms. The third kappa shape index (κ3) is 4.95. The zero-order chi connectivity index (χ0) is 26.3. The molecule has 188 valence electrons. The molecule has 37 heavy (non-hydrogen) atoms. The van der Waals surface area contributed by atoms with Crippen LogP contribution in [0, 0.1) is 6.92 Å². The molecule has 0 aliphatic carbocycles. The van der Waals surface area contributed by atoms with Gasteiger partial charge in [0.05, 0.1) is 17.0 Å². The predicted octanol–water partition coefficient (Wildman–Crippen LogP) is 5.94. The molecule has 0 amide bonds. The van der Waals surface area contributed by atoms with E-state index in [1.807, 2.05) is 77.2 Å². The molecule has 0 aliphatic rings. The molecule has 1 atom stereocenters. The molecule has 5 aromatic rings. The third-order valence-corrected chi connectivity index (χ3v) is 5.97. The first kappa shape index (κ1) is 24.2. The zero-order valence-corrected chi connectivity index (χ0v) is 21.4. The fraction of sp³-hybridized carbons (Fsp3) is 0.241. The van der Waals surface area contributed by atoms with E-state index in [1.54, 1.807) is 22.9 Å². The lowest BCUT2D eigenvalue weighted by molar-refractivity contribution is 0.00706. The van der Waals surface area contributed by atoms with Crippen molar-refractivity contribution in [3.05, 3.63) is 94.0 Å². The largest absolute Gasteiger partial charge is 0.456 e. The monoisotopic (exact) mass is 496 g/mol. The van der Waals surface area contributed by atoms with E-state index in [2.05, 4.69) is 15.5 Å². The number of esters is 1. The number of nitrogens with one attached hydrogen (secondary N) is 1. The molecule has 0 saturated carbocycles. The van der Waals surface area contributed by atoms with Crippen LogP contribution >= 0.6 is 0 Å². The van der Waals surface area contributed by atoms with Crippen molar-refractivity contribution in [1.82, 2.24) is 14.6 Å². The van der Waals surface area contributed by atoms with Crippen LogP contribution in [0.4, 0.5) is 5.69 Å². The normalized spacial score (nSPS) is 12.6. The number of benzene rings is 2. The number of hydrogen-bond donors (Lipinski definition) is 1. The van der Waals surface area contributed by atoms with Gasteiger partial charge in [0.1, 0.15) is 23.3 Å². The molecule has 2 aromatic carbocycles. The van der Waals surface area contributed by atoms with Crippen molar-refractivity contribution >= 4 is 28.3 Å². The van der Waals surface area contributed by atoms with Gasteiger partial charge in [0.2, 0.25) is 0 Å². The molecule has 0 fully saturated rings. The predicted molar refractivity (Wildman–Crippen MR) is 143 cm³/mol. The molecule has 3 heterocycles. The van der Waals surface area contributed by atoms with Gasteiger partial charge < -0.3 is 14.5 Å². The molecule has 0 radical (unpaired) electrons. The van der Waals surface area contributed by atoms with Gasteiger partial charge in [-0.05, 0) is 70.5 Å². The third-order valence-electron chi connectivity index (χ3n) is 5.97. The van der Waals surface area contributed by atoms with Gasteiger partial charge in [0.15, 0.2) is 11.1 Å². The Bertz CT molecular complexity index is 1690. The van der Waals surface area contributed by atoms with Crippen LogP contribution in [0.5, 0.6) is 0 Å². The Morgan fingerprint density at radius 3 is 2.68 bits per heavy atom. The van der Waals surface area contributed by atoms with Gasteiger partial charge in [0, 0.05) is 29.1 Å². The summed E-state index contributed by atoms with van der Waals surface area (Å²) in [7, 11) is 0. The first-order chi connectivity index (χ1) is 17.6. The average molecular weight is 497 g/mol. The summed E-state index contributed by atoms with van der Waals surface area (Å²) in [6.07, 6.45) is 3.43. The maximum absolute atomic E-state index is 13.2. The van der Waals surface area contributed by atoms with E-state index in [4.69, 9.17) is 9.15 Å². The molecule has 5 rings (SSSR count). The van der Waals surface area contributed by atoms with E-state index in [-0.39, 0.29) is 11.5 Å². The molecule has 3 aromatic heterocycles. The molecule has 1 N–H and O–H groups in total. The Kier molecular flexibility index (Phi) is 6.03. The number of hydrogen-bond acceptors (Lipinski definition) is 7. The second kappa shape index (κ2) is 9.20. The first-order valence-electron chi connectivity index (χ1n) is 12.1. The SMILES string of the molecule is Cc1cc(C(C)Nc2ccccc2C(=O)OC(C)(C)C)c2oc(-c3ccn4cnnc4c3)cc(=O)c2c1. The van der Waals surface area contributed by atoms with Gasteiger partial charge in [-0.3, -0.25) is 9.20 Å². The summed E-state index contributed by atoms with van der Waals surface area (Å²) >= 11 is 0. The summed E-state index contributed by atoms with van der Waals surface area (Å²) in [5, 5.41) is 11.9. The fourth-order valence-electron chi connectivity index (χ4n) is 4.30. The van der Waals surface area contributed by atoms with Gasteiger partial charge in [-0.2, -0.15) is 0 Å². The Hall–Kier alpha value is -4.46. The van der Waals surface area contributed by atoms with Crippen LogP contribution in [-0.4, -0.2) is 26.2 Å². The number of para-hydroxylation sites is 1. The smallest absolute Gasteiger partial charge is 0.340 e. The van der Waals surface area contributed by atoms with Crippen molar-refractivity contribution in [2.45, 2.75) is 46.3 Å². The molecule has 8 nitrogen and oxygen atoms in total. The Labute approximate surface area is 213 Å². The molecule has 0 saturated heterocycles. The van der Waals surface area contributed by atoms with E-state index < -0.39 is 11.6 Å². The number of rotatable bonds is 5. The van der Waals surface area contributed by atoms with Gasteiger partial charge in [0.25, 0.3) is 0 Å². The van der Waals surface area contributed by atoms with Crippen LogP contribution in [0.25, 0.3) is 27.9 Å². The van der Waals surface area contributed by atoms with Crippen molar-refractivity contribution in [2.75, 3.05) is 5.32 Å². The maximum Gasteiger partial charge on any atom is 0.340 e. The van der Waals surface area contributed by atoms with Crippen LogP contribution in [0.3, 0.4) is 0 Å². The van der Waals surface area contributed by atoms with Crippen LogP contribution in [-0.2, 0) is 4.74 Å². The van der Waals surface area contributed by atoms with Crippen molar-refractivity contribution in [1.29, 1.82) is 0 Å². The van der Waals surface area contributed by atoms with Gasteiger partial charge in [-0.1, -0.05) is 18.2 Å². The summed E-state index contributed by atoms with van der Waals surface area (Å²) < 4.78 is 13.7. The van der Waals surface area contributed by atoms with Crippen LogP contribution < -0.4 is 10.7 Å². The van der Waals surface area contributed by atoms with E-state index in [0.717, 1.165) is 16.7 Å². The van der Waals surface area contributed by atoms with E-state index >= 15 is 0 Å². The summed E-state index contributed by atoms with van der Waals surface area (Å²) in [5.41, 5.74) is 3.92. The van der Waals surface area contributed by atoms with Gasteiger partial charge in [-0.25, -0.2) is 4.79 Å². The minimum absolute atomic E-state index is 0.135. The minimum atomic E-state index is -0.613. The number of anilines is 1. The quantitative estimate of drug-likeness (QED) is 0.301. The highest BCUT2D eigenvalue weighted by atomic mass is 16.6. The molecular weight excluding hydrogens is 468 g/mol. The number of carbonyl (C=O) groups is 1. The van der Waals surface area contributed by atoms with Crippen molar-refractivity contribution in [2.24, 2.45) is 0 Å². The number of ether oxygens (including phenoxy) is 1. The highest BCUT2D eigenvalue weighted by Gasteiger charge is 2.22. The topological polar surface area (TPSA) is 98.7 Å². The zero-order valence-electron chi connectivity index (χ0n) is 21.4. The van der Waals surface area contributed by atoms with Crippen molar-refractivity contribution in [3.8, 4) is 11.3 Å².